The van der Waals surface area contributed by atoms with Crippen LogP contribution in [-0.4, -0.2) is 18.0 Å². The first-order chi connectivity index (χ1) is 29.1. The van der Waals surface area contributed by atoms with E-state index in [0.29, 0.717) is 11.3 Å². The number of hydrogen-bond donors (Lipinski definition) is 0. The Morgan fingerprint density at radius 1 is 0.655 bits per heavy atom. The van der Waals surface area contributed by atoms with Crippen LogP contribution in [0.2, 0.25) is 19.6 Å². The standard InChI is InChI=1S/C29H18NO.C24H28NSi.Ir/c1-3-8-20(9-4-1)22-14-15-24-25-12-7-13-26(29(25)31-28(24)19-22)27-18-23(16-17-30-27)21-10-5-2-6-11-21;1-17(2)21-15-23(25-16-24(21)26(4,5)6)20-13-12-18(3)22(14-20)19-10-8-7-9-11-19;/h1-12,14-19H;7-12,14-17H,1-6H3;/q2*-1;/i;3D3,17D;. The van der Waals surface area contributed by atoms with Gasteiger partial charge >= 0.3 is 0 Å². The summed E-state index contributed by atoms with van der Waals surface area (Å²) in [5.41, 5.74) is 12.2. The second kappa shape index (κ2) is 17.4. The molecule has 6 aromatic carbocycles. The number of aryl methyl sites for hydroxylation is 1. The van der Waals surface area contributed by atoms with Crippen LogP contribution in [0.3, 0.4) is 0 Å². The molecule has 0 amide bonds. The molecular formula is C53H46IrN2OSi-2. The quantitative estimate of drug-likeness (QED) is 0.118. The molecule has 0 aliphatic rings. The summed E-state index contributed by atoms with van der Waals surface area (Å²) in [7, 11) is -1.68. The number of aromatic nitrogens is 2. The van der Waals surface area contributed by atoms with Gasteiger partial charge in [0.2, 0.25) is 0 Å². The molecule has 3 heterocycles. The van der Waals surface area contributed by atoms with Crippen LogP contribution in [0.1, 0.15) is 36.4 Å². The van der Waals surface area contributed by atoms with Crippen LogP contribution in [0, 0.1) is 19.0 Å². The number of hydrogen-bond acceptors (Lipinski definition) is 3. The van der Waals surface area contributed by atoms with E-state index in [-0.39, 0.29) is 25.7 Å². The second-order valence-electron chi connectivity index (χ2n) is 15.5. The summed E-state index contributed by atoms with van der Waals surface area (Å²) in [5.74, 6) is -0.756. The average Bonchev–Trinajstić information content (AvgIpc) is 3.64. The molecule has 0 fully saturated rings. The monoisotopic (exact) mass is 951 g/mol. The van der Waals surface area contributed by atoms with Crippen molar-refractivity contribution in [2.75, 3.05) is 0 Å². The van der Waals surface area contributed by atoms with Crippen LogP contribution in [0.25, 0.3) is 77.8 Å². The summed E-state index contributed by atoms with van der Waals surface area (Å²) in [6.07, 6.45) is 3.75. The number of benzene rings is 6. The molecule has 0 atom stereocenters. The minimum absolute atomic E-state index is 0. The van der Waals surface area contributed by atoms with Crippen molar-refractivity contribution in [1.82, 2.24) is 9.97 Å². The fourth-order valence-electron chi connectivity index (χ4n) is 7.23. The van der Waals surface area contributed by atoms with Crippen molar-refractivity contribution in [3.05, 3.63) is 187 Å². The van der Waals surface area contributed by atoms with Gasteiger partial charge in [0, 0.05) is 43.4 Å². The van der Waals surface area contributed by atoms with E-state index in [0.717, 1.165) is 66.6 Å². The normalized spacial score (nSPS) is 12.7. The molecule has 0 aliphatic carbocycles. The Morgan fingerprint density at radius 2 is 1.31 bits per heavy atom. The SMILES string of the molecule is [2H]C([2H])([2H])c1c[c-]c(-c2cc(C([2H])(C)C)c([Si](C)(C)C)cn2)cc1-c1ccccc1.[Ir].[c-]1ccc2c(oc3cc(-c4ccccc4)ccc32)c1-c1cc(-c2ccccc2)ccn1. The van der Waals surface area contributed by atoms with Gasteiger partial charge in [-0.1, -0.05) is 178 Å². The van der Waals surface area contributed by atoms with E-state index in [1.807, 2.05) is 105 Å². The maximum absolute atomic E-state index is 8.66. The average molecular weight is 951 g/mol. The molecule has 0 bridgehead atoms. The predicted octanol–water partition coefficient (Wildman–Crippen LogP) is 14.0. The smallest absolute Gasteiger partial charge is 0.121 e. The molecule has 0 saturated carbocycles. The zero-order chi connectivity index (χ0) is 42.9. The van der Waals surface area contributed by atoms with Crippen LogP contribution in [0.4, 0.5) is 0 Å². The molecule has 1 radical (unpaired) electrons. The molecule has 289 valence electrons. The van der Waals surface area contributed by atoms with Crippen LogP contribution < -0.4 is 5.19 Å². The number of pyridine rings is 2. The molecule has 58 heavy (non-hydrogen) atoms. The van der Waals surface area contributed by atoms with Crippen LogP contribution in [0.15, 0.2) is 168 Å². The molecule has 0 unspecified atom stereocenters. The molecule has 3 aromatic heterocycles. The van der Waals surface area contributed by atoms with Gasteiger partial charge in [0.15, 0.2) is 0 Å². The van der Waals surface area contributed by atoms with Crippen molar-refractivity contribution < 1.29 is 30.0 Å². The number of furan rings is 1. The Labute approximate surface area is 362 Å². The fourth-order valence-corrected chi connectivity index (χ4v) is 8.81. The molecule has 5 heteroatoms. The third-order valence-electron chi connectivity index (χ3n) is 10.2. The zero-order valence-electron chi connectivity index (χ0n) is 37.2. The summed E-state index contributed by atoms with van der Waals surface area (Å²) in [4.78, 5) is 9.33. The number of nitrogens with zero attached hydrogens (tertiary/aromatic N) is 2. The molecule has 3 nitrogen and oxygen atoms in total. The van der Waals surface area contributed by atoms with E-state index in [1.165, 1.54) is 10.8 Å². The Balaban J connectivity index is 0.000000184. The first-order valence-corrected chi connectivity index (χ1v) is 22.7. The Morgan fingerprint density at radius 3 is 1.95 bits per heavy atom. The minimum Gasteiger partial charge on any atom is -0.501 e. The largest absolute Gasteiger partial charge is 0.501 e. The number of fused-ring (bicyclic) bond motifs is 3. The first kappa shape index (κ1) is 35.4. The number of rotatable bonds is 7. The van der Waals surface area contributed by atoms with E-state index >= 15 is 0 Å². The Kier molecular flexibility index (Phi) is 10.6. The maximum atomic E-state index is 8.66. The van der Waals surface area contributed by atoms with Gasteiger partial charge in [-0.25, -0.2) is 0 Å². The van der Waals surface area contributed by atoms with Crippen molar-refractivity contribution in [2.24, 2.45) is 0 Å². The van der Waals surface area contributed by atoms with E-state index in [4.69, 9.17) is 14.9 Å². The third kappa shape index (κ3) is 8.58. The molecule has 0 aliphatic heterocycles. The van der Waals surface area contributed by atoms with Crippen molar-refractivity contribution in [3.8, 4) is 55.9 Å². The van der Waals surface area contributed by atoms with E-state index in [1.54, 1.807) is 6.07 Å². The van der Waals surface area contributed by atoms with Gasteiger partial charge in [0.25, 0.3) is 0 Å². The maximum Gasteiger partial charge on any atom is 0.121 e. The Hall–Kier alpha value is -5.71. The van der Waals surface area contributed by atoms with Crippen LogP contribution in [0.5, 0.6) is 0 Å². The minimum atomic E-state index is -2.23. The predicted molar refractivity (Wildman–Crippen MR) is 242 cm³/mol. The van der Waals surface area contributed by atoms with Gasteiger partial charge in [-0.3, -0.25) is 0 Å². The zero-order valence-corrected chi connectivity index (χ0v) is 36.6. The van der Waals surface area contributed by atoms with E-state index in [9.17, 15) is 0 Å². The second-order valence-corrected chi connectivity index (χ2v) is 20.5. The van der Waals surface area contributed by atoms with Crippen molar-refractivity contribution in [3.63, 3.8) is 0 Å². The summed E-state index contributed by atoms with van der Waals surface area (Å²) in [5, 5.41) is 3.35. The van der Waals surface area contributed by atoms with Crippen molar-refractivity contribution in [2.45, 2.75) is 46.2 Å². The summed E-state index contributed by atoms with van der Waals surface area (Å²) < 4.78 is 38.8. The third-order valence-corrected chi connectivity index (χ3v) is 12.2. The molecule has 9 rings (SSSR count). The van der Waals surface area contributed by atoms with Crippen molar-refractivity contribution >= 4 is 35.2 Å². The molecule has 0 spiro atoms. The first-order valence-electron chi connectivity index (χ1n) is 21.2. The van der Waals surface area contributed by atoms with Gasteiger partial charge in [-0.05, 0) is 62.4 Å². The van der Waals surface area contributed by atoms with E-state index < -0.39 is 20.8 Å². The molecular weight excluding hydrogens is 901 g/mol. The van der Waals surface area contributed by atoms with Crippen molar-refractivity contribution in [1.29, 1.82) is 0 Å². The van der Waals surface area contributed by atoms with E-state index in [2.05, 4.69) is 103 Å². The van der Waals surface area contributed by atoms with Crippen LogP contribution in [-0.2, 0) is 20.1 Å². The Bertz CT molecular complexity index is 2980. The van der Waals surface area contributed by atoms with Gasteiger partial charge in [0.1, 0.15) is 5.58 Å². The van der Waals surface area contributed by atoms with Crippen LogP contribution >= 0.6 is 0 Å². The van der Waals surface area contributed by atoms with Gasteiger partial charge in [-0.2, -0.15) is 0 Å². The van der Waals surface area contributed by atoms with Gasteiger partial charge < -0.3 is 14.4 Å². The summed E-state index contributed by atoms with van der Waals surface area (Å²) >= 11 is 0. The van der Waals surface area contributed by atoms with Gasteiger partial charge in [-0.15, -0.1) is 47.5 Å². The molecule has 0 N–H and O–H groups in total. The fraction of sp³-hybridized carbons (Fsp3) is 0.132. The topological polar surface area (TPSA) is 38.9 Å². The summed E-state index contributed by atoms with van der Waals surface area (Å²) in [6.45, 7) is 8.32. The van der Waals surface area contributed by atoms with Gasteiger partial charge in [0.05, 0.1) is 13.7 Å². The summed E-state index contributed by atoms with van der Waals surface area (Å²) in [6, 6.07) is 56.7. The molecule has 9 aromatic rings. The molecule has 0 saturated heterocycles.